The lowest BCUT2D eigenvalue weighted by Gasteiger charge is -2.34. The van der Waals surface area contributed by atoms with Gasteiger partial charge in [0.1, 0.15) is 5.82 Å². The van der Waals surface area contributed by atoms with E-state index in [-0.39, 0.29) is 24.0 Å². The van der Waals surface area contributed by atoms with Crippen molar-refractivity contribution in [2.45, 2.75) is 20.0 Å². The van der Waals surface area contributed by atoms with Gasteiger partial charge in [-0.3, -0.25) is 4.99 Å². The number of piperazine rings is 1. The minimum absolute atomic E-state index is 0. The molecule has 7 heteroatoms. The summed E-state index contributed by atoms with van der Waals surface area (Å²) in [5, 5.41) is 6.74. The van der Waals surface area contributed by atoms with Crippen molar-refractivity contribution in [1.29, 1.82) is 0 Å². The van der Waals surface area contributed by atoms with Crippen molar-refractivity contribution in [1.82, 2.24) is 20.5 Å². The van der Waals surface area contributed by atoms with E-state index < -0.39 is 0 Å². The average molecular weight is 494 g/mol. The Bertz CT molecular complexity index is 729. The lowest BCUT2D eigenvalue weighted by Crippen LogP contribution is -2.46. The number of hydrogen-bond donors (Lipinski definition) is 2. The van der Waals surface area contributed by atoms with Crippen molar-refractivity contribution in [3.8, 4) is 0 Å². The van der Waals surface area contributed by atoms with Crippen molar-refractivity contribution < 1.29 is 0 Å². The van der Waals surface area contributed by atoms with Crippen molar-refractivity contribution >= 4 is 35.8 Å². The molecule has 1 aliphatic rings. The van der Waals surface area contributed by atoms with Crippen molar-refractivity contribution in [3.63, 3.8) is 0 Å². The predicted octanol–water partition coefficient (Wildman–Crippen LogP) is 2.71. The quantitative estimate of drug-likeness (QED) is 0.368. The van der Waals surface area contributed by atoms with Gasteiger partial charge in [-0.1, -0.05) is 37.3 Å². The number of rotatable bonds is 6. The highest BCUT2D eigenvalue weighted by molar-refractivity contribution is 14.0. The largest absolute Gasteiger partial charge is 0.354 e. The number of pyridine rings is 1. The Kier molecular flexibility index (Phi) is 9.49. The second-order valence-corrected chi connectivity index (χ2v) is 6.71. The molecule has 0 saturated carbocycles. The maximum absolute atomic E-state index is 4.57. The normalized spacial score (nSPS) is 15.1. The summed E-state index contributed by atoms with van der Waals surface area (Å²) in [5.74, 6) is 1.87. The highest BCUT2D eigenvalue weighted by Crippen LogP contribution is 2.15. The van der Waals surface area contributed by atoms with Crippen LogP contribution in [0.25, 0.3) is 0 Å². The molecule has 2 aromatic rings. The molecule has 0 spiro atoms. The van der Waals surface area contributed by atoms with Gasteiger partial charge < -0.3 is 20.4 Å². The number of guanidine groups is 1. The Morgan fingerprint density at radius 1 is 1.00 bits per heavy atom. The second kappa shape index (κ2) is 11.9. The number of nitrogens with one attached hydrogen (secondary N) is 2. The molecule has 1 aliphatic heterocycles. The Labute approximate surface area is 185 Å². The van der Waals surface area contributed by atoms with Crippen LogP contribution in [0.2, 0.25) is 0 Å². The molecule has 6 nitrogen and oxygen atoms in total. The molecule has 2 N–H and O–H groups in total. The van der Waals surface area contributed by atoms with Crippen LogP contribution < -0.4 is 15.5 Å². The summed E-state index contributed by atoms with van der Waals surface area (Å²) in [6.45, 7) is 9.12. The first-order chi connectivity index (χ1) is 13.3. The SMILES string of the molecule is CCN1CCN(c2cc(CNC(=NC)NCc3ccccc3)ccn2)CC1.I. The first kappa shape index (κ1) is 22.4. The number of likely N-dealkylation sites (N-methyl/N-ethyl adjacent to an activating group) is 1. The van der Waals surface area contributed by atoms with Crippen molar-refractivity contribution in [3.05, 3.63) is 59.8 Å². The van der Waals surface area contributed by atoms with Gasteiger partial charge >= 0.3 is 0 Å². The number of halogens is 1. The molecule has 152 valence electrons. The van der Waals surface area contributed by atoms with Crippen LogP contribution in [0.3, 0.4) is 0 Å². The summed E-state index contributed by atoms with van der Waals surface area (Å²) in [6, 6.07) is 14.6. The molecule has 0 aliphatic carbocycles. The van der Waals surface area contributed by atoms with Crippen molar-refractivity contribution in [2.75, 3.05) is 44.7 Å². The number of aromatic nitrogens is 1. The first-order valence-electron chi connectivity index (χ1n) is 9.69. The predicted molar refractivity (Wildman–Crippen MR) is 127 cm³/mol. The van der Waals surface area contributed by atoms with E-state index in [4.69, 9.17) is 0 Å². The van der Waals surface area contributed by atoms with Crippen molar-refractivity contribution in [2.24, 2.45) is 4.99 Å². The monoisotopic (exact) mass is 494 g/mol. The molecule has 3 rings (SSSR count). The number of hydrogen-bond acceptors (Lipinski definition) is 4. The van der Waals surface area contributed by atoms with Crippen LogP contribution in [0.1, 0.15) is 18.1 Å². The fourth-order valence-electron chi connectivity index (χ4n) is 3.22. The first-order valence-corrected chi connectivity index (χ1v) is 9.69. The van der Waals surface area contributed by atoms with E-state index in [9.17, 15) is 0 Å². The van der Waals surface area contributed by atoms with Gasteiger partial charge in [0, 0.05) is 52.5 Å². The van der Waals surface area contributed by atoms with E-state index in [1.807, 2.05) is 24.4 Å². The lowest BCUT2D eigenvalue weighted by molar-refractivity contribution is 0.270. The van der Waals surface area contributed by atoms with Crippen LogP contribution in [0.4, 0.5) is 5.82 Å². The third-order valence-electron chi connectivity index (χ3n) is 4.94. The zero-order valence-electron chi connectivity index (χ0n) is 16.8. The fourth-order valence-corrected chi connectivity index (χ4v) is 3.22. The van der Waals surface area contributed by atoms with Gasteiger partial charge in [-0.05, 0) is 29.8 Å². The Morgan fingerprint density at radius 2 is 1.68 bits per heavy atom. The standard InChI is InChI=1S/C21H30N6.HI/c1-3-26-11-13-27(14-12-26)20-15-19(9-10-23-20)17-25-21(22-2)24-16-18-7-5-4-6-8-18;/h4-10,15H,3,11-14,16-17H2,1-2H3,(H2,22,24,25);1H. The van der Waals surface area contributed by atoms with Gasteiger partial charge in [-0.2, -0.15) is 0 Å². The molecule has 0 amide bonds. The topological polar surface area (TPSA) is 55.8 Å². The van der Waals surface area contributed by atoms with Crippen LogP contribution in [-0.2, 0) is 13.1 Å². The van der Waals surface area contributed by atoms with Crippen LogP contribution in [0, 0.1) is 0 Å². The van der Waals surface area contributed by atoms with Crippen LogP contribution in [-0.4, -0.2) is 55.6 Å². The number of aliphatic imine (C=N–C) groups is 1. The van der Waals surface area contributed by atoms with Gasteiger partial charge in [-0.15, -0.1) is 24.0 Å². The maximum atomic E-state index is 4.57. The molecule has 1 fully saturated rings. The molecular formula is C21H31IN6. The summed E-state index contributed by atoms with van der Waals surface area (Å²) in [7, 11) is 1.80. The molecule has 1 saturated heterocycles. The van der Waals surface area contributed by atoms with Gasteiger partial charge in [0.25, 0.3) is 0 Å². The maximum Gasteiger partial charge on any atom is 0.191 e. The van der Waals surface area contributed by atoms with E-state index in [1.54, 1.807) is 7.05 Å². The minimum Gasteiger partial charge on any atom is -0.354 e. The summed E-state index contributed by atoms with van der Waals surface area (Å²) < 4.78 is 0. The molecular weight excluding hydrogens is 463 g/mol. The third-order valence-corrected chi connectivity index (χ3v) is 4.94. The zero-order chi connectivity index (χ0) is 18.9. The Hall–Kier alpha value is -1.87. The minimum atomic E-state index is 0. The molecule has 0 radical (unpaired) electrons. The van der Waals surface area contributed by atoms with Gasteiger partial charge in [0.05, 0.1) is 0 Å². The summed E-state index contributed by atoms with van der Waals surface area (Å²) >= 11 is 0. The van der Waals surface area contributed by atoms with Gasteiger partial charge in [0.2, 0.25) is 0 Å². The van der Waals surface area contributed by atoms with Crippen LogP contribution >= 0.6 is 24.0 Å². The Morgan fingerprint density at radius 3 is 2.32 bits per heavy atom. The third kappa shape index (κ3) is 6.63. The molecule has 0 unspecified atom stereocenters. The molecule has 0 atom stereocenters. The summed E-state index contributed by atoms with van der Waals surface area (Å²) in [4.78, 5) is 13.7. The van der Waals surface area contributed by atoms with Crippen LogP contribution in [0.5, 0.6) is 0 Å². The summed E-state index contributed by atoms with van der Waals surface area (Å²) in [5.41, 5.74) is 2.44. The van der Waals surface area contributed by atoms with E-state index in [1.165, 1.54) is 11.1 Å². The lowest BCUT2D eigenvalue weighted by atomic mass is 10.2. The molecule has 28 heavy (non-hydrogen) atoms. The average Bonchev–Trinajstić information content (AvgIpc) is 2.75. The molecule has 1 aromatic carbocycles. The van der Waals surface area contributed by atoms with E-state index in [0.717, 1.165) is 57.6 Å². The Balaban J connectivity index is 0.00000280. The zero-order valence-corrected chi connectivity index (χ0v) is 19.1. The summed E-state index contributed by atoms with van der Waals surface area (Å²) in [6.07, 6.45) is 1.90. The van der Waals surface area contributed by atoms with Crippen LogP contribution in [0.15, 0.2) is 53.7 Å². The number of anilines is 1. The molecule has 2 heterocycles. The number of nitrogens with zero attached hydrogens (tertiary/aromatic N) is 4. The highest BCUT2D eigenvalue weighted by atomic mass is 127. The molecule has 1 aromatic heterocycles. The van der Waals surface area contributed by atoms with Gasteiger partial charge in [-0.25, -0.2) is 4.98 Å². The van der Waals surface area contributed by atoms with E-state index in [2.05, 4.69) is 61.6 Å². The number of benzene rings is 1. The van der Waals surface area contributed by atoms with E-state index in [0.29, 0.717) is 0 Å². The second-order valence-electron chi connectivity index (χ2n) is 6.71. The van der Waals surface area contributed by atoms with Gasteiger partial charge in [0.15, 0.2) is 5.96 Å². The molecule has 0 bridgehead atoms. The van der Waals surface area contributed by atoms with E-state index >= 15 is 0 Å². The fraction of sp³-hybridized carbons (Fsp3) is 0.429. The highest BCUT2D eigenvalue weighted by Gasteiger charge is 2.16. The smallest absolute Gasteiger partial charge is 0.191 e.